The lowest BCUT2D eigenvalue weighted by molar-refractivity contribution is 0.272. The summed E-state index contributed by atoms with van der Waals surface area (Å²) in [5, 5.41) is 9.14. The summed E-state index contributed by atoms with van der Waals surface area (Å²) in [6.45, 7) is 8.67. The Hall–Kier alpha value is -1.02. The molecule has 0 bridgehead atoms. The minimum atomic E-state index is 0.0757. The lowest BCUT2D eigenvalue weighted by Gasteiger charge is -2.23. The zero-order valence-electron chi connectivity index (χ0n) is 10.9. The van der Waals surface area contributed by atoms with Gasteiger partial charge < -0.3 is 9.84 Å². The van der Waals surface area contributed by atoms with Crippen molar-refractivity contribution in [3.8, 4) is 5.75 Å². The third-order valence-corrected chi connectivity index (χ3v) is 2.88. The predicted octanol–water partition coefficient (Wildman–Crippen LogP) is 3.09. The first-order valence-corrected chi connectivity index (χ1v) is 5.69. The number of hydrogen-bond donors (Lipinski definition) is 1. The molecular weight excluding hydrogens is 200 g/mol. The number of aliphatic hydroxyl groups excluding tert-OH is 1. The Morgan fingerprint density at radius 3 is 2.38 bits per heavy atom. The summed E-state index contributed by atoms with van der Waals surface area (Å²) in [6, 6.07) is 6.20. The molecule has 0 aliphatic heterocycles. The van der Waals surface area contributed by atoms with Crippen LogP contribution >= 0.6 is 0 Å². The fourth-order valence-electron chi connectivity index (χ4n) is 1.74. The zero-order chi connectivity index (χ0) is 12.3. The molecule has 0 radical (unpaired) electrons. The highest BCUT2D eigenvalue weighted by Crippen LogP contribution is 2.33. The zero-order valence-corrected chi connectivity index (χ0v) is 10.9. The van der Waals surface area contributed by atoms with E-state index in [0.717, 1.165) is 11.3 Å². The van der Waals surface area contributed by atoms with Crippen molar-refractivity contribution in [3.63, 3.8) is 0 Å². The first-order chi connectivity index (χ1) is 7.40. The smallest absolute Gasteiger partial charge is 0.122 e. The molecular formula is C14H22O2. The summed E-state index contributed by atoms with van der Waals surface area (Å²) < 4.78 is 5.43. The summed E-state index contributed by atoms with van der Waals surface area (Å²) in [5.74, 6) is 1.06. The Balaban J connectivity index is 3.17. The van der Waals surface area contributed by atoms with Crippen LogP contribution in [0.25, 0.3) is 0 Å². The lowest BCUT2D eigenvalue weighted by atomic mass is 9.85. The number of benzene rings is 1. The Kier molecular flexibility index (Phi) is 3.98. The molecule has 1 aromatic carbocycles. The van der Waals surface area contributed by atoms with Crippen LogP contribution in [0.1, 0.15) is 44.7 Å². The van der Waals surface area contributed by atoms with Crippen LogP contribution in [-0.2, 0) is 5.41 Å². The summed E-state index contributed by atoms with van der Waals surface area (Å²) in [6.07, 6.45) is 0. The van der Waals surface area contributed by atoms with E-state index in [9.17, 15) is 0 Å². The lowest BCUT2D eigenvalue weighted by Crippen LogP contribution is -2.13. The van der Waals surface area contributed by atoms with Crippen LogP contribution in [0, 0.1) is 0 Å². The molecule has 0 aromatic heterocycles. The minimum Gasteiger partial charge on any atom is -0.496 e. The van der Waals surface area contributed by atoms with Crippen LogP contribution < -0.4 is 4.74 Å². The SMILES string of the molecule is COc1cc(C(C)CO)ccc1C(C)(C)C. The van der Waals surface area contributed by atoms with E-state index in [0.29, 0.717) is 0 Å². The molecule has 0 amide bonds. The van der Waals surface area contributed by atoms with Gasteiger partial charge in [-0.05, 0) is 22.6 Å². The van der Waals surface area contributed by atoms with Gasteiger partial charge in [-0.25, -0.2) is 0 Å². The first-order valence-electron chi connectivity index (χ1n) is 5.69. The molecule has 16 heavy (non-hydrogen) atoms. The van der Waals surface area contributed by atoms with Gasteiger partial charge in [-0.2, -0.15) is 0 Å². The third kappa shape index (κ3) is 2.76. The molecule has 1 N–H and O–H groups in total. The van der Waals surface area contributed by atoms with E-state index in [-0.39, 0.29) is 17.9 Å². The summed E-state index contributed by atoms with van der Waals surface area (Å²) in [5.41, 5.74) is 2.39. The highest BCUT2D eigenvalue weighted by molar-refractivity contribution is 5.42. The molecule has 90 valence electrons. The van der Waals surface area contributed by atoms with E-state index >= 15 is 0 Å². The van der Waals surface area contributed by atoms with Crippen LogP contribution in [0.5, 0.6) is 5.75 Å². The number of methoxy groups -OCH3 is 1. The van der Waals surface area contributed by atoms with E-state index in [4.69, 9.17) is 9.84 Å². The third-order valence-electron chi connectivity index (χ3n) is 2.88. The van der Waals surface area contributed by atoms with Crippen molar-refractivity contribution in [2.24, 2.45) is 0 Å². The van der Waals surface area contributed by atoms with E-state index in [2.05, 4.69) is 32.9 Å². The molecule has 0 spiro atoms. The number of ether oxygens (including phenoxy) is 1. The number of aliphatic hydroxyl groups is 1. The predicted molar refractivity (Wildman–Crippen MR) is 67.2 cm³/mol. The largest absolute Gasteiger partial charge is 0.496 e. The second-order valence-electron chi connectivity index (χ2n) is 5.29. The highest BCUT2D eigenvalue weighted by atomic mass is 16.5. The molecule has 2 nitrogen and oxygen atoms in total. The van der Waals surface area contributed by atoms with Gasteiger partial charge in [0.15, 0.2) is 0 Å². The maximum atomic E-state index is 9.14. The first kappa shape index (κ1) is 13.0. The molecule has 1 unspecified atom stereocenters. The molecule has 0 fully saturated rings. The molecule has 0 saturated heterocycles. The molecule has 0 saturated carbocycles. The molecule has 1 atom stereocenters. The monoisotopic (exact) mass is 222 g/mol. The van der Waals surface area contributed by atoms with Crippen molar-refractivity contribution in [2.45, 2.75) is 39.0 Å². The molecule has 1 aromatic rings. The van der Waals surface area contributed by atoms with E-state index in [1.54, 1.807) is 7.11 Å². The van der Waals surface area contributed by atoms with Crippen LogP contribution in [0.2, 0.25) is 0 Å². The maximum Gasteiger partial charge on any atom is 0.122 e. The Bertz CT molecular complexity index is 350. The van der Waals surface area contributed by atoms with Crippen molar-refractivity contribution >= 4 is 0 Å². The minimum absolute atomic E-state index is 0.0757. The van der Waals surface area contributed by atoms with Gasteiger partial charge in [0.25, 0.3) is 0 Å². The van der Waals surface area contributed by atoms with Crippen LogP contribution in [0.3, 0.4) is 0 Å². The van der Waals surface area contributed by atoms with E-state index < -0.39 is 0 Å². The molecule has 0 aliphatic rings. The van der Waals surface area contributed by atoms with Crippen molar-refractivity contribution in [1.82, 2.24) is 0 Å². The van der Waals surface area contributed by atoms with E-state index in [1.807, 2.05) is 13.0 Å². The van der Waals surface area contributed by atoms with Crippen LogP contribution in [0.15, 0.2) is 18.2 Å². The summed E-state index contributed by atoms with van der Waals surface area (Å²) in [4.78, 5) is 0. The summed E-state index contributed by atoms with van der Waals surface area (Å²) >= 11 is 0. The van der Waals surface area contributed by atoms with Crippen LogP contribution in [-0.4, -0.2) is 18.8 Å². The average Bonchev–Trinajstić information content (AvgIpc) is 2.25. The number of hydrogen-bond acceptors (Lipinski definition) is 2. The van der Waals surface area contributed by atoms with Gasteiger partial charge in [-0.1, -0.05) is 39.8 Å². The van der Waals surface area contributed by atoms with Crippen LogP contribution in [0.4, 0.5) is 0 Å². The Morgan fingerprint density at radius 1 is 1.31 bits per heavy atom. The van der Waals surface area contributed by atoms with Gasteiger partial charge in [-0.15, -0.1) is 0 Å². The fourth-order valence-corrected chi connectivity index (χ4v) is 1.74. The van der Waals surface area contributed by atoms with Gasteiger partial charge in [-0.3, -0.25) is 0 Å². The average molecular weight is 222 g/mol. The second-order valence-corrected chi connectivity index (χ2v) is 5.29. The van der Waals surface area contributed by atoms with Crippen molar-refractivity contribution < 1.29 is 9.84 Å². The molecule has 0 heterocycles. The highest BCUT2D eigenvalue weighted by Gasteiger charge is 2.19. The normalized spacial score (nSPS) is 13.6. The maximum absolute atomic E-state index is 9.14. The topological polar surface area (TPSA) is 29.5 Å². The van der Waals surface area contributed by atoms with Crippen molar-refractivity contribution in [1.29, 1.82) is 0 Å². The van der Waals surface area contributed by atoms with Gasteiger partial charge in [0.2, 0.25) is 0 Å². The fraction of sp³-hybridized carbons (Fsp3) is 0.571. The van der Waals surface area contributed by atoms with Crippen molar-refractivity contribution in [3.05, 3.63) is 29.3 Å². The van der Waals surface area contributed by atoms with Gasteiger partial charge in [0.05, 0.1) is 7.11 Å². The molecule has 1 rings (SSSR count). The number of rotatable bonds is 3. The standard InChI is InChI=1S/C14H22O2/c1-10(9-15)11-6-7-12(14(2,3)4)13(8-11)16-5/h6-8,10,15H,9H2,1-5H3. The second kappa shape index (κ2) is 4.88. The quantitative estimate of drug-likeness (QED) is 0.851. The Morgan fingerprint density at radius 2 is 1.94 bits per heavy atom. The Labute approximate surface area is 98.3 Å². The van der Waals surface area contributed by atoms with Gasteiger partial charge in [0, 0.05) is 12.5 Å². The van der Waals surface area contributed by atoms with E-state index in [1.165, 1.54) is 5.56 Å². The van der Waals surface area contributed by atoms with Crippen molar-refractivity contribution in [2.75, 3.05) is 13.7 Å². The molecule has 0 aliphatic carbocycles. The summed E-state index contributed by atoms with van der Waals surface area (Å²) in [7, 11) is 1.69. The van der Waals surface area contributed by atoms with Gasteiger partial charge >= 0.3 is 0 Å². The molecule has 2 heteroatoms. The van der Waals surface area contributed by atoms with Gasteiger partial charge in [0.1, 0.15) is 5.75 Å².